The number of nitrogens with one attached hydrogen (secondary N) is 1. The summed E-state index contributed by atoms with van der Waals surface area (Å²) >= 11 is 3.39. The van der Waals surface area contributed by atoms with E-state index >= 15 is 0 Å². The molecule has 0 bridgehead atoms. The van der Waals surface area contributed by atoms with Crippen LogP contribution in [0.15, 0.2) is 53.0 Å². The minimum absolute atomic E-state index is 0. The Morgan fingerprint density at radius 2 is 1.92 bits per heavy atom. The molecule has 0 fully saturated rings. The van der Waals surface area contributed by atoms with Gasteiger partial charge in [0.1, 0.15) is 5.75 Å². The average Bonchev–Trinajstić information content (AvgIpc) is 2.54. The maximum Gasteiger partial charge on any atom is 0.220 e. The number of nitrogens with two attached hydrogens (primary N) is 1. The predicted octanol–water partition coefficient (Wildman–Crippen LogP) is 3.97. The lowest BCUT2D eigenvalue weighted by Gasteiger charge is -2.07. The Hall–Kier alpha value is -1.72. The second-order valence-electron chi connectivity index (χ2n) is 5.25. The molecule has 0 aromatic heterocycles. The molecule has 2 aromatic carbocycles. The van der Waals surface area contributed by atoms with E-state index < -0.39 is 0 Å². The molecule has 0 radical (unpaired) electrons. The van der Waals surface area contributed by atoms with Gasteiger partial charge in [-0.1, -0.05) is 34.1 Å². The largest absolute Gasteiger partial charge is 0.494 e. The van der Waals surface area contributed by atoms with E-state index in [4.69, 9.17) is 10.5 Å². The van der Waals surface area contributed by atoms with Gasteiger partial charge in [0.25, 0.3) is 0 Å². The quantitative estimate of drug-likeness (QED) is 0.508. The van der Waals surface area contributed by atoms with E-state index in [1.165, 1.54) is 0 Å². The molecule has 0 saturated carbocycles. The molecule has 0 aliphatic rings. The molecule has 0 unspecified atom stereocenters. The van der Waals surface area contributed by atoms with Crippen LogP contribution in [0.25, 0.3) is 0 Å². The molecule has 130 valence electrons. The van der Waals surface area contributed by atoms with E-state index in [1.54, 1.807) is 0 Å². The minimum Gasteiger partial charge on any atom is -0.494 e. The van der Waals surface area contributed by atoms with Gasteiger partial charge in [-0.25, -0.2) is 0 Å². The first-order valence-electron chi connectivity index (χ1n) is 7.63. The molecule has 4 nitrogen and oxygen atoms in total. The van der Waals surface area contributed by atoms with Crippen molar-refractivity contribution in [3.8, 4) is 5.75 Å². The standard InChI is InChI=1S/C18H21BrN2O2.ClH/c19-15-3-1-4-17(13-15)23-12-2-5-18(22)21-11-10-14-6-8-16(20)9-7-14;/h1,3-4,6-9,13H,2,5,10-12,20H2,(H,21,22);1H. The van der Waals surface area contributed by atoms with Gasteiger partial charge in [-0.15, -0.1) is 12.4 Å². The number of amides is 1. The van der Waals surface area contributed by atoms with Crippen LogP contribution in [0.2, 0.25) is 0 Å². The fourth-order valence-corrected chi connectivity index (χ4v) is 2.48. The van der Waals surface area contributed by atoms with Crippen molar-refractivity contribution in [2.75, 3.05) is 18.9 Å². The molecule has 3 N–H and O–H groups in total. The Bertz CT molecular complexity index is 635. The topological polar surface area (TPSA) is 64.3 Å². The maximum atomic E-state index is 11.8. The number of carbonyl (C=O) groups excluding carboxylic acids is 1. The third kappa shape index (κ3) is 7.70. The van der Waals surface area contributed by atoms with Crippen molar-refractivity contribution >= 4 is 39.9 Å². The van der Waals surface area contributed by atoms with E-state index in [0.717, 1.165) is 27.9 Å². The zero-order chi connectivity index (χ0) is 16.5. The Morgan fingerprint density at radius 1 is 1.17 bits per heavy atom. The summed E-state index contributed by atoms with van der Waals surface area (Å²) in [6.07, 6.45) is 1.97. The van der Waals surface area contributed by atoms with Gasteiger partial charge in [-0.2, -0.15) is 0 Å². The van der Waals surface area contributed by atoms with Crippen LogP contribution in [0.3, 0.4) is 0 Å². The maximum absolute atomic E-state index is 11.8. The number of ether oxygens (including phenoxy) is 1. The highest BCUT2D eigenvalue weighted by atomic mass is 79.9. The van der Waals surface area contributed by atoms with Gasteiger partial charge < -0.3 is 15.8 Å². The van der Waals surface area contributed by atoms with Crippen molar-refractivity contribution in [2.24, 2.45) is 0 Å². The lowest BCUT2D eigenvalue weighted by molar-refractivity contribution is -0.121. The molecule has 0 aliphatic carbocycles. The number of anilines is 1. The molecular formula is C18H22BrClN2O2. The molecular weight excluding hydrogens is 392 g/mol. The molecule has 2 aromatic rings. The highest BCUT2D eigenvalue weighted by Gasteiger charge is 2.02. The highest BCUT2D eigenvalue weighted by molar-refractivity contribution is 9.10. The molecule has 2 rings (SSSR count). The van der Waals surface area contributed by atoms with Gasteiger partial charge in [0.05, 0.1) is 6.61 Å². The smallest absolute Gasteiger partial charge is 0.220 e. The molecule has 6 heteroatoms. The van der Waals surface area contributed by atoms with Crippen LogP contribution in [0.4, 0.5) is 5.69 Å². The summed E-state index contributed by atoms with van der Waals surface area (Å²) in [6, 6.07) is 15.4. The molecule has 0 spiro atoms. The second-order valence-corrected chi connectivity index (χ2v) is 6.17. The molecule has 0 heterocycles. The lowest BCUT2D eigenvalue weighted by Crippen LogP contribution is -2.25. The lowest BCUT2D eigenvalue weighted by atomic mass is 10.1. The van der Waals surface area contributed by atoms with Crippen LogP contribution < -0.4 is 15.8 Å². The first-order valence-corrected chi connectivity index (χ1v) is 8.42. The summed E-state index contributed by atoms with van der Waals surface area (Å²) in [5.41, 5.74) is 7.55. The second kappa shape index (κ2) is 10.9. The van der Waals surface area contributed by atoms with E-state index in [0.29, 0.717) is 26.0 Å². The number of hydrogen-bond donors (Lipinski definition) is 2. The Morgan fingerprint density at radius 3 is 2.62 bits per heavy atom. The Labute approximate surface area is 157 Å². The van der Waals surface area contributed by atoms with Gasteiger partial charge in [-0.3, -0.25) is 4.79 Å². The van der Waals surface area contributed by atoms with Crippen molar-refractivity contribution in [2.45, 2.75) is 19.3 Å². The molecule has 0 aliphatic heterocycles. The van der Waals surface area contributed by atoms with Gasteiger partial charge in [0, 0.05) is 23.1 Å². The first-order chi connectivity index (χ1) is 11.1. The number of carbonyl (C=O) groups is 1. The van der Waals surface area contributed by atoms with Crippen molar-refractivity contribution in [3.05, 3.63) is 58.6 Å². The minimum atomic E-state index is 0. The first kappa shape index (κ1) is 20.3. The monoisotopic (exact) mass is 412 g/mol. The fourth-order valence-electron chi connectivity index (χ4n) is 2.10. The summed E-state index contributed by atoms with van der Waals surface area (Å²) in [4.78, 5) is 11.8. The number of rotatable bonds is 8. The number of halogens is 2. The van der Waals surface area contributed by atoms with Crippen LogP contribution in [-0.4, -0.2) is 19.1 Å². The van der Waals surface area contributed by atoms with Crippen LogP contribution in [-0.2, 0) is 11.2 Å². The van der Waals surface area contributed by atoms with Gasteiger partial charge in [0.15, 0.2) is 0 Å². The third-order valence-electron chi connectivity index (χ3n) is 3.33. The van der Waals surface area contributed by atoms with Crippen LogP contribution in [0.5, 0.6) is 5.75 Å². The highest BCUT2D eigenvalue weighted by Crippen LogP contribution is 2.17. The number of nitrogen functional groups attached to an aromatic ring is 1. The summed E-state index contributed by atoms with van der Waals surface area (Å²) in [5, 5.41) is 2.92. The van der Waals surface area contributed by atoms with E-state index in [1.807, 2.05) is 48.5 Å². The van der Waals surface area contributed by atoms with Crippen molar-refractivity contribution in [1.29, 1.82) is 0 Å². The number of hydrogen-bond acceptors (Lipinski definition) is 3. The molecule has 24 heavy (non-hydrogen) atoms. The van der Waals surface area contributed by atoms with Crippen molar-refractivity contribution in [3.63, 3.8) is 0 Å². The third-order valence-corrected chi connectivity index (χ3v) is 3.82. The zero-order valence-corrected chi connectivity index (χ0v) is 15.7. The normalized spacial score (nSPS) is 9.88. The summed E-state index contributed by atoms with van der Waals surface area (Å²) < 4.78 is 6.58. The summed E-state index contributed by atoms with van der Waals surface area (Å²) in [7, 11) is 0. The number of benzene rings is 2. The zero-order valence-electron chi connectivity index (χ0n) is 13.3. The van der Waals surface area contributed by atoms with Crippen LogP contribution in [0.1, 0.15) is 18.4 Å². The van der Waals surface area contributed by atoms with Crippen LogP contribution in [0, 0.1) is 0 Å². The van der Waals surface area contributed by atoms with Crippen LogP contribution >= 0.6 is 28.3 Å². The van der Waals surface area contributed by atoms with Crippen molar-refractivity contribution in [1.82, 2.24) is 5.32 Å². The summed E-state index contributed by atoms with van der Waals surface area (Å²) in [5.74, 6) is 0.862. The van der Waals surface area contributed by atoms with E-state index in [-0.39, 0.29) is 18.3 Å². The van der Waals surface area contributed by atoms with Crippen molar-refractivity contribution < 1.29 is 9.53 Å². The Balaban J connectivity index is 0.00000288. The van der Waals surface area contributed by atoms with Gasteiger partial charge in [0.2, 0.25) is 5.91 Å². The Kier molecular flexibility index (Phi) is 9.27. The van der Waals surface area contributed by atoms with Gasteiger partial charge in [-0.05, 0) is 48.7 Å². The molecule has 1 amide bonds. The van der Waals surface area contributed by atoms with Gasteiger partial charge >= 0.3 is 0 Å². The molecule has 0 saturated heterocycles. The van der Waals surface area contributed by atoms with E-state index in [2.05, 4.69) is 21.2 Å². The fraction of sp³-hybridized carbons (Fsp3) is 0.278. The average molecular weight is 414 g/mol. The summed E-state index contributed by atoms with van der Waals surface area (Å²) in [6.45, 7) is 1.16. The SMILES string of the molecule is Cl.Nc1ccc(CCNC(=O)CCCOc2cccc(Br)c2)cc1. The predicted molar refractivity (Wildman–Crippen MR) is 104 cm³/mol. The van der Waals surface area contributed by atoms with E-state index in [9.17, 15) is 4.79 Å². The molecule has 0 atom stereocenters.